The van der Waals surface area contributed by atoms with Gasteiger partial charge in [0.25, 0.3) is 0 Å². The first-order valence-corrected chi connectivity index (χ1v) is 18.3. The van der Waals surface area contributed by atoms with E-state index in [4.69, 9.17) is 0 Å². The number of hydrogen-bond donors (Lipinski definition) is 0. The Bertz CT molecular complexity index is 2060. The monoisotopic (exact) mass is 598 g/mol. The van der Waals surface area contributed by atoms with Crippen LogP contribution < -0.4 is 26.5 Å². The third-order valence-corrected chi connectivity index (χ3v) is 15.1. The molecule has 0 aliphatic rings. The second-order valence-corrected chi connectivity index (χ2v) is 17.1. The molecule has 0 fully saturated rings. The molecule has 0 aliphatic heterocycles. The summed E-state index contributed by atoms with van der Waals surface area (Å²) in [6, 6.07) is 51.9. The third-order valence-electron chi connectivity index (χ3n) is 7.88. The summed E-state index contributed by atoms with van der Waals surface area (Å²) in [6.45, 7) is 0. The lowest BCUT2D eigenvalue weighted by molar-refractivity contribution is 0.586. The van der Waals surface area contributed by atoms with Crippen LogP contribution >= 0.6 is 25.6 Å². The average molecular weight is 599 g/mol. The van der Waals surface area contributed by atoms with Gasteiger partial charge in [0.15, 0.2) is 7.14 Å². The lowest BCUT2D eigenvalue weighted by Crippen LogP contribution is -2.24. The average Bonchev–Trinajstić information content (AvgIpc) is 3.43. The molecule has 1 atom stereocenters. The molecular weight excluding hydrogens is 570 g/mol. The molecule has 0 saturated heterocycles. The molecule has 0 amide bonds. The molecule has 42 heavy (non-hydrogen) atoms. The van der Waals surface area contributed by atoms with Gasteiger partial charge in [-0.25, -0.2) is 0 Å². The Balaban J connectivity index is 1.43. The molecule has 1 unspecified atom stereocenters. The molecule has 7 rings (SSSR count). The Morgan fingerprint density at radius 2 is 0.857 bits per heavy atom. The summed E-state index contributed by atoms with van der Waals surface area (Å²) in [5.74, 6) is 0. The van der Waals surface area contributed by atoms with E-state index in [-0.39, 0.29) is 0 Å². The van der Waals surface area contributed by atoms with Crippen LogP contribution in [0, 0.1) is 0 Å². The standard InChI is InChI=1S/C37H28O2P2S/c38-40(29-15-7-2-8-16-29,27-28-13-5-1-6-14-28)32-21-23-36-34(25-32)35-26-33(22-24-37(35)42-36)41(39,30-17-9-3-10-18-30)31-19-11-4-12-20-31/h1-26H,27H2. The van der Waals surface area contributed by atoms with Crippen LogP contribution in [0.25, 0.3) is 20.2 Å². The van der Waals surface area contributed by atoms with Gasteiger partial charge < -0.3 is 9.13 Å². The fourth-order valence-electron chi connectivity index (χ4n) is 5.74. The summed E-state index contributed by atoms with van der Waals surface area (Å²) >= 11 is 1.71. The molecule has 2 nitrogen and oxygen atoms in total. The first kappa shape index (κ1) is 26.9. The van der Waals surface area contributed by atoms with E-state index in [1.54, 1.807) is 11.3 Å². The first-order valence-electron chi connectivity index (χ1n) is 13.9. The maximum absolute atomic E-state index is 15.1. The van der Waals surface area contributed by atoms with E-state index < -0.39 is 14.3 Å². The molecular formula is C37H28O2P2S. The van der Waals surface area contributed by atoms with Crippen molar-refractivity contribution in [3.05, 3.63) is 163 Å². The van der Waals surface area contributed by atoms with Crippen molar-refractivity contribution in [3.8, 4) is 0 Å². The smallest absolute Gasteiger partial charge is 0.171 e. The Morgan fingerprint density at radius 1 is 0.429 bits per heavy atom. The van der Waals surface area contributed by atoms with E-state index in [9.17, 15) is 0 Å². The van der Waals surface area contributed by atoms with E-state index in [2.05, 4.69) is 24.3 Å². The molecule has 204 valence electrons. The summed E-state index contributed by atoms with van der Waals surface area (Å²) in [4.78, 5) is 0. The molecule has 0 saturated carbocycles. The van der Waals surface area contributed by atoms with E-state index in [0.717, 1.165) is 52.3 Å². The lowest BCUT2D eigenvalue weighted by Gasteiger charge is -2.20. The second kappa shape index (κ2) is 11.0. The van der Waals surface area contributed by atoms with Gasteiger partial charge in [0.1, 0.15) is 7.14 Å². The summed E-state index contributed by atoms with van der Waals surface area (Å²) in [7, 11) is -6.12. The number of fused-ring (bicyclic) bond motifs is 3. The minimum atomic E-state index is -3.12. The minimum Gasteiger partial charge on any atom is -0.313 e. The Hall–Kier alpha value is -4.00. The fraction of sp³-hybridized carbons (Fsp3) is 0.0270. The van der Waals surface area contributed by atoms with E-state index in [1.807, 2.05) is 133 Å². The number of rotatable bonds is 7. The maximum atomic E-state index is 15.1. The largest absolute Gasteiger partial charge is 0.313 e. The summed E-state index contributed by atoms with van der Waals surface area (Å²) < 4.78 is 32.4. The van der Waals surface area contributed by atoms with Crippen molar-refractivity contribution >= 4 is 72.3 Å². The SMILES string of the molecule is O=P(Cc1ccccc1)(c1ccccc1)c1ccc2sc3ccc(P(=O)(c4ccccc4)c4ccccc4)cc3c2c1. The van der Waals surface area contributed by atoms with Gasteiger partial charge in [0.2, 0.25) is 0 Å². The van der Waals surface area contributed by atoms with Gasteiger partial charge >= 0.3 is 0 Å². The Morgan fingerprint density at radius 3 is 1.38 bits per heavy atom. The van der Waals surface area contributed by atoms with Gasteiger partial charge in [-0.2, -0.15) is 0 Å². The van der Waals surface area contributed by atoms with Crippen LogP contribution in [-0.2, 0) is 15.3 Å². The van der Waals surface area contributed by atoms with E-state index >= 15 is 9.13 Å². The van der Waals surface area contributed by atoms with Gasteiger partial charge in [0, 0.05) is 52.9 Å². The zero-order valence-corrected chi connectivity index (χ0v) is 25.4. The quantitative estimate of drug-likeness (QED) is 0.173. The summed E-state index contributed by atoms with van der Waals surface area (Å²) in [5, 5.41) is 6.20. The minimum absolute atomic E-state index is 0.452. The van der Waals surface area contributed by atoms with Crippen molar-refractivity contribution in [2.24, 2.45) is 0 Å². The van der Waals surface area contributed by atoms with Gasteiger partial charge in [-0.3, -0.25) is 0 Å². The normalized spacial score (nSPS) is 13.2. The van der Waals surface area contributed by atoms with E-state index in [0.29, 0.717) is 6.16 Å². The Kier molecular flexibility index (Phi) is 7.04. The molecule has 0 bridgehead atoms. The molecule has 6 aromatic carbocycles. The molecule has 0 spiro atoms. The zero-order valence-electron chi connectivity index (χ0n) is 22.8. The fourth-order valence-corrected chi connectivity index (χ4v) is 12.2. The molecule has 5 heteroatoms. The molecule has 0 radical (unpaired) electrons. The van der Waals surface area contributed by atoms with Crippen LogP contribution in [-0.4, -0.2) is 0 Å². The first-order chi connectivity index (χ1) is 20.6. The van der Waals surface area contributed by atoms with Gasteiger partial charge in [-0.15, -0.1) is 11.3 Å². The van der Waals surface area contributed by atoms with Crippen LogP contribution in [0.4, 0.5) is 0 Å². The molecule has 0 N–H and O–H groups in total. The van der Waals surface area contributed by atoms with Crippen LogP contribution in [0.3, 0.4) is 0 Å². The predicted octanol–water partition coefficient (Wildman–Crippen LogP) is 8.21. The molecule has 0 aliphatic carbocycles. The van der Waals surface area contributed by atoms with Crippen LogP contribution in [0.1, 0.15) is 5.56 Å². The van der Waals surface area contributed by atoms with E-state index in [1.165, 1.54) is 0 Å². The van der Waals surface area contributed by atoms with Crippen molar-refractivity contribution < 1.29 is 9.13 Å². The molecule has 1 aromatic heterocycles. The van der Waals surface area contributed by atoms with Gasteiger partial charge in [0.05, 0.1) is 0 Å². The van der Waals surface area contributed by atoms with Crippen molar-refractivity contribution in [1.29, 1.82) is 0 Å². The van der Waals surface area contributed by atoms with Crippen LogP contribution in [0.15, 0.2) is 158 Å². The number of benzene rings is 6. The van der Waals surface area contributed by atoms with Crippen molar-refractivity contribution in [3.63, 3.8) is 0 Å². The zero-order chi connectivity index (χ0) is 28.6. The second-order valence-electron chi connectivity index (χ2n) is 10.5. The third kappa shape index (κ3) is 4.69. The van der Waals surface area contributed by atoms with Crippen molar-refractivity contribution in [2.75, 3.05) is 0 Å². The topological polar surface area (TPSA) is 34.1 Å². The van der Waals surface area contributed by atoms with Gasteiger partial charge in [-0.1, -0.05) is 121 Å². The predicted molar refractivity (Wildman–Crippen MR) is 182 cm³/mol. The summed E-state index contributed by atoms with van der Waals surface area (Å²) in [5.41, 5.74) is 1.05. The number of hydrogen-bond acceptors (Lipinski definition) is 3. The summed E-state index contributed by atoms with van der Waals surface area (Å²) in [6.07, 6.45) is 0.452. The highest BCUT2D eigenvalue weighted by Crippen LogP contribution is 2.49. The highest BCUT2D eigenvalue weighted by molar-refractivity contribution is 7.85. The Labute approximate surface area is 250 Å². The molecule has 1 heterocycles. The molecule has 7 aromatic rings. The van der Waals surface area contributed by atoms with Gasteiger partial charge in [-0.05, 0) is 42.0 Å². The number of thiophene rings is 1. The van der Waals surface area contributed by atoms with Crippen molar-refractivity contribution in [2.45, 2.75) is 6.16 Å². The van der Waals surface area contributed by atoms with Crippen LogP contribution in [0.2, 0.25) is 0 Å². The highest BCUT2D eigenvalue weighted by Gasteiger charge is 2.31. The van der Waals surface area contributed by atoms with Crippen LogP contribution in [0.5, 0.6) is 0 Å². The maximum Gasteiger partial charge on any atom is 0.171 e. The highest BCUT2D eigenvalue weighted by atomic mass is 32.1. The van der Waals surface area contributed by atoms with Crippen molar-refractivity contribution in [1.82, 2.24) is 0 Å². The lowest BCUT2D eigenvalue weighted by atomic mass is 10.1.